The Morgan fingerprint density at radius 2 is 1.97 bits per heavy atom. The van der Waals surface area contributed by atoms with Crippen molar-refractivity contribution in [2.24, 2.45) is 10.9 Å². The lowest BCUT2D eigenvalue weighted by Crippen LogP contribution is -2.48. The maximum absolute atomic E-state index is 13.0. The zero-order valence-electron chi connectivity index (χ0n) is 18.0. The fraction of sp³-hybridized carbons (Fsp3) is 0.261. The van der Waals surface area contributed by atoms with E-state index >= 15 is 0 Å². The molecule has 3 heterocycles. The van der Waals surface area contributed by atoms with Crippen LogP contribution >= 0.6 is 11.6 Å². The molecule has 170 valence electrons. The number of aliphatic imine (C=N–C) groups is 1. The molecule has 9 nitrogen and oxygen atoms in total. The Labute approximate surface area is 195 Å². The largest absolute Gasteiger partial charge is 0.378 e. The minimum atomic E-state index is -1.09. The first kappa shape index (κ1) is 22.6. The number of nitrogens with zero attached hydrogens (tertiary/aromatic N) is 4. The molecule has 0 bridgehead atoms. The van der Waals surface area contributed by atoms with E-state index in [4.69, 9.17) is 21.7 Å². The van der Waals surface area contributed by atoms with Gasteiger partial charge in [0, 0.05) is 50.4 Å². The van der Waals surface area contributed by atoms with Crippen LogP contribution in [-0.4, -0.2) is 71.4 Å². The van der Waals surface area contributed by atoms with Crippen LogP contribution in [-0.2, 0) is 14.3 Å². The monoisotopic (exact) mass is 466 g/mol. The molecule has 2 amide bonds. The Hall–Kier alpha value is -3.56. The van der Waals surface area contributed by atoms with Crippen molar-refractivity contribution in [1.29, 1.82) is 5.41 Å². The number of amides is 2. The van der Waals surface area contributed by atoms with Crippen LogP contribution in [0.3, 0.4) is 0 Å². The third-order valence-electron chi connectivity index (χ3n) is 5.39. The van der Waals surface area contributed by atoms with Gasteiger partial charge in [-0.25, -0.2) is 4.98 Å². The number of nitrogens with one attached hydrogen (secondary N) is 2. The van der Waals surface area contributed by atoms with E-state index in [0.29, 0.717) is 42.7 Å². The number of pyridine rings is 1. The highest BCUT2D eigenvalue weighted by Gasteiger charge is 2.32. The van der Waals surface area contributed by atoms with Crippen LogP contribution in [0, 0.1) is 11.3 Å². The number of ether oxygens (including phenoxy) is 1. The van der Waals surface area contributed by atoms with Crippen LogP contribution in [0.4, 0.5) is 5.69 Å². The van der Waals surface area contributed by atoms with Crippen molar-refractivity contribution >= 4 is 46.7 Å². The Kier molecular flexibility index (Phi) is 6.81. The SMILES string of the molecule is CN=C(C(=O)Nc1cc2nc(-c3ccccc3)cn2cc1Cl)C(C=N)C(=O)N1CCOCC1. The molecule has 1 atom stereocenters. The molecule has 3 aromatic rings. The van der Waals surface area contributed by atoms with Gasteiger partial charge in [-0.2, -0.15) is 0 Å². The molecule has 4 rings (SSSR count). The number of benzene rings is 1. The first-order chi connectivity index (χ1) is 16.0. The number of carbonyl (C=O) groups excluding carboxylic acids is 2. The number of hydrogen-bond donors (Lipinski definition) is 2. The highest BCUT2D eigenvalue weighted by atomic mass is 35.5. The van der Waals surface area contributed by atoms with Crippen molar-refractivity contribution in [2.45, 2.75) is 0 Å². The molecular formula is C23H23ClN6O3. The average Bonchev–Trinajstić information content (AvgIpc) is 3.26. The summed E-state index contributed by atoms with van der Waals surface area (Å²) in [4.78, 5) is 36.1. The van der Waals surface area contributed by atoms with Gasteiger partial charge in [0.05, 0.1) is 29.6 Å². The fourth-order valence-electron chi connectivity index (χ4n) is 3.67. The summed E-state index contributed by atoms with van der Waals surface area (Å²) < 4.78 is 7.05. The number of rotatable bonds is 6. The van der Waals surface area contributed by atoms with E-state index in [9.17, 15) is 9.59 Å². The molecule has 0 spiro atoms. The van der Waals surface area contributed by atoms with E-state index in [1.807, 2.05) is 36.5 Å². The molecule has 0 radical (unpaired) electrons. The third-order valence-corrected chi connectivity index (χ3v) is 5.69. The van der Waals surface area contributed by atoms with E-state index in [0.717, 1.165) is 17.5 Å². The third kappa shape index (κ3) is 4.79. The molecule has 1 aromatic carbocycles. The Morgan fingerprint density at radius 3 is 2.64 bits per heavy atom. The summed E-state index contributed by atoms with van der Waals surface area (Å²) in [5.41, 5.74) is 2.59. The van der Waals surface area contributed by atoms with Crippen LogP contribution in [0.15, 0.2) is 53.8 Å². The standard InChI is InChI=1S/C23H23ClN6O3/c1-26-21(16(12-25)23(32)29-7-9-33-10-8-29)22(31)28-18-11-20-27-19(14-30(20)13-17(18)24)15-5-3-2-4-6-15/h2-6,11-14,16,25H,7-10H2,1H3,(H,28,31). The molecule has 0 saturated carbocycles. The van der Waals surface area contributed by atoms with Crippen LogP contribution in [0.5, 0.6) is 0 Å². The minimum absolute atomic E-state index is 0.0641. The molecule has 1 aliphatic heterocycles. The van der Waals surface area contributed by atoms with Gasteiger partial charge in [-0.15, -0.1) is 0 Å². The second-order valence-electron chi connectivity index (χ2n) is 7.44. The number of morpholine rings is 1. The van der Waals surface area contributed by atoms with Gasteiger partial charge in [0.2, 0.25) is 5.91 Å². The van der Waals surface area contributed by atoms with E-state index < -0.39 is 11.8 Å². The van der Waals surface area contributed by atoms with Gasteiger partial charge >= 0.3 is 0 Å². The summed E-state index contributed by atoms with van der Waals surface area (Å²) in [6.07, 6.45) is 4.44. The average molecular weight is 467 g/mol. The van der Waals surface area contributed by atoms with Gasteiger partial charge in [-0.3, -0.25) is 14.6 Å². The van der Waals surface area contributed by atoms with E-state index in [2.05, 4.69) is 15.3 Å². The predicted octanol–water partition coefficient (Wildman–Crippen LogP) is 2.79. The first-order valence-corrected chi connectivity index (χ1v) is 10.8. The molecule has 1 fully saturated rings. The van der Waals surface area contributed by atoms with E-state index in [1.165, 1.54) is 7.05 Å². The number of anilines is 1. The normalized spacial score (nSPS) is 15.3. The second-order valence-corrected chi connectivity index (χ2v) is 7.84. The number of carbonyl (C=O) groups is 2. The molecule has 2 N–H and O–H groups in total. The zero-order chi connectivity index (χ0) is 23.4. The van der Waals surface area contributed by atoms with Gasteiger partial charge in [0.15, 0.2) is 0 Å². The maximum atomic E-state index is 13.0. The minimum Gasteiger partial charge on any atom is -0.378 e. The molecular weight excluding hydrogens is 444 g/mol. The Bertz CT molecular complexity index is 1220. The smallest absolute Gasteiger partial charge is 0.270 e. The molecule has 10 heteroatoms. The fourth-order valence-corrected chi connectivity index (χ4v) is 3.87. The first-order valence-electron chi connectivity index (χ1n) is 10.4. The second kappa shape index (κ2) is 9.93. The van der Waals surface area contributed by atoms with Crippen molar-refractivity contribution in [3.05, 3.63) is 53.8 Å². The lowest BCUT2D eigenvalue weighted by atomic mass is 10.0. The van der Waals surface area contributed by atoms with Gasteiger partial charge in [0.1, 0.15) is 17.3 Å². The quantitative estimate of drug-likeness (QED) is 0.544. The summed E-state index contributed by atoms with van der Waals surface area (Å²) in [5.74, 6) is -2.05. The maximum Gasteiger partial charge on any atom is 0.270 e. The highest BCUT2D eigenvalue weighted by molar-refractivity contribution is 6.50. The lowest BCUT2D eigenvalue weighted by molar-refractivity contribution is -0.136. The van der Waals surface area contributed by atoms with Crippen molar-refractivity contribution in [3.8, 4) is 11.3 Å². The van der Waals surface area contributed by atoms with E-state index in [1.54, 1.807) is 21.6 Å². The molecule has 1 aliphatic rings. The molecule has 2 aromatic heterocycles. The summed E-state index contributed by atoms with van der Waals surface area (Å²) in [7, 11) is 1.42. The van der Waals surface area contributed by atoms with Gasteiger partial charge < -0.3 is 24.8 Å². The summed E-state index contributed by atoms with van der Waals surface area (Å²) >= 11 is 6.41. The summed E-state index contributed by atoms with van der Waals surface area (Å²) in [6, 6.07) is 11.4. The highest BCUT2D eigenvalue weighted by Crippen LogP contribution is 2.26. The molecule has 0 aliphatic carbocycles. The lowest BCUT2D eigenvalue weighted by Gasteiger charge is -2.29. The van der Waals surface area contributed by atoms with Gasteiger partial charge in [-0.05, 0) is 0 Å². The number of fused-ring (bicyclic) bond motifs is 1. The number of hydrogen-bond acceptors (Lipinski definition) is 6. The molecule has 1 unspecified atom stereocenters. The van der Waals surface area contributed by atoms with Crippen molar-refractivity contribution in [1.82, 2.24) is 14.3 Å². The Balaban J connectivity index is 1.57. The Morgan fingerprint density at radius 1 is 1.24 bits per heavy atom. The molecule has 1 saturated heterocycles. The van der Waals surface area contributed by atoms with Crippen molar-refractivity contribution in [2.75, 3.05) is 38.7 Å². The number of halogens is 1. The van der Waals surface area contributed by atoms with Gasteiger partial charge in [-0.1, -0.05) is 41.9 Å². The van der Waals surface area contributed by atoms with E-state index in [-0.39, 0.29) is 11.6 Å². The number of imidazole rings is 1. The van der Waals surface area contributed by atoms with Crippen LogP contribution < -0.4 is 5.32 Å². The topological polar surface area (TPSA) is 112 Å². The predicted molar refractivity (Wildman–Crippen MR) is 127 cm³/mol. The summed E-state index contributed by atoms with van der Waals surface area (Å²) in [6.45, 7) is 1.67. The van der Waals surface area contributed by atoms with Crippen LogP contribution in [0.25, 0.3) is 16.9 Å². The van der Waals surface area contributed by atoms with Crippen LogP contribution in [0.2, 0.25) is 5.02 Å². The van der Waals surface area contributed by atoms with Gasteiger partial charge in [0.25, 0.3) is 5.91 Å². The van der Waals surface area contributed by atoms with Crippen molar-refractivity contribution < 1.29 is 14.3 Å². The van der Waals surface area contributed by atoms with Crippen LogP contribution in [0.1, 0.15) is 0 Å². The summed E-state index contributed by atoms with van der Waals surface area (Å²) in [5, 5.41) is 10.8. The molecule has 33 heavy (non-hydrogen) atoms. The number of aromatic nitrogens is 2. The zero-order valence-corrected chi connectivity index (χ0v) is 18.7. The van der Waals surface area contributed by atoms with Crippen molar-refractivity contribution in [3.63, 3.8) is 0 Å².